The molecule has 1 aromatic carbocycles. The summed E-state index contributed by atoms with van der Waals surface area (Å²) < 4.78 is 0. The first-order valence-electron chi connectivity index (χ1n) is 8.02. The van der Waals surface area contributed by atoms with Crippen LogP contribution in [0.5, 0.6) is 0 Å². The van der Waals surface area contributed by atoms with E-state index in [1.165, 1.54) is 12.8 Å². The first-order chi connectivity index (χ1) is 10.6. The number of rotatable bonds is 4. The van der Waals surface area contributed by atoms with Gasteiger partial charge in [0.15, 0.2) is 5.96 Å². The zero-order chi connectivity index (χ0) is 15.9. The van der Waals surface area contributed by atoms with Gasteiger partial charge in [-0.25, -0.2) is 4.99 Å². The normalized spacial score (nSPS) is 19.1. The standard InChI is InChI=1S/C17H26N4O/c1-3-19-17(21-9-5-6-13(2)12-21)20-11-14-7-4-8-15(10-14)16(18)22/h4,7-8,10,13H,3,5-6,9,11-12H2,1-2H3,(H2,18,22)(H,19,20). The van der Waals surface area contributed by atoms with Crippen molar-refractivity contribution in [1.82, 2.24) is 10.2 Å². The quantitative estimate of drug-likeness (QED) is 0.660. The fourth-order valence-electron chi connectivity index (χ4n) is 2.80. The van der Waals surface area contributed by atoms with Crippen molar-refractivity contribution in [2.24, 2.45) is 16.6 Å². The number of guanidine groups is 1. The van der Waals surface area contributed by atoms with E-state index >= 15 is 0 Å². The van der Waals surface area contributed by atoms with Gasteiger partial charge in [-0.2, -0.15) is 0 Å². The minimum absolute atomic E-state index is 0.400. The zero-order valence-corrected chi connectivity index (χ0v) is 13.5. The monoisotopic (exact) mass is 302 g/mol. The molecule has 0 aromatic heterocycles. The zero-order valence-electron chi connectivity index (χ0n) is 13.5. The third-order valence-corrected chi connectivity index (χ3v) is 3.91. The lowest BCUT2D eigenvalue weighted by molar-refractivity contribution is 0.1000. The summed E-state index contributed by atoms with van der Waals surface area (Å²) in [5.41, 5.74) is 6.85. The van der Waals surface area contributed by atoms with E-state index < -0.39 is 5.91 Å². The Morgan fingerprint density at radius 3 is 3.00 bits per heavy atom. The average molecular weight is 302 g/mol. The summed E-state index contributed by atoms with van der Waals surface area (Å²) in [5, 5.41) is 3.36. The molecule has 0 saturated carbocycles. The maximum absolute atomic E-state index is 11.2. The minimum atomic E-state index is -0.400. The second kappa shape index (κ2) is 7.82. The van der Waals surface area contributed by atoms with Crippen LogP contribution in [0, 0.1) is 5.92 Å². The molecule has 2 rings (SSSR count). The average Bonchev–Trinajstić information content (AvgIpc) is 2.51. The number of primary amides is 1. The van der Waals surface area contributed by atoms with Crippen LogP contribution in [-0.4, -0.2) is 36.4 Å². The Bertz CT molecular complexity index is 541. The van der Waals surface area contributed by atoms with Crippen LogP contribution in [0.25, 0.3) is 0 Å². The number of nitrogens with two attached hydrogens (primary N) is 1. The lowest BCUT2D eigenvalue weighted by atomic mass is 10.0. The molecule has 0 aliphatic carbocycles. The number of nitrogens with one attached hydrogen (secondary N) is 1. The highest BCUT2D eigenvalue weighted by atomic mass is 16.1. The molecule has 1 heterocycles. The number of benzene rings is 1. The Balaban J connectivity index is 2.09. The summed E-state index contributed by atoms with van der Waals surface area (Å²) in [6.07, 6.45) is 2.50. The molecular formula is C17H26N4O. The van der Waals surface area contributed by atoms with Gasteiger partial charge < -0.3 is 16.0 Å². The fraction of sp³-hybridized carbons (Fsp3) is 0.529. The van der Waals surface area contributed by atoms with Crippen molar-refractivity contribution in [3.05, 3.63) is 35.4 Å². The molecule has 1 aliphatic rings. The van der Waals surface area contributed by atoms with Gasteiger partial charge in [0.1, 0.15) is 0 Å². The Hall–Kier alpha value is -2.04. The molecule has 1 atom stereocenters. The van der Waals surface area contributed by atoms with Crippen LogP contribution in [0.3, 0.4) is 0 Å². The molecule has 0 spiro atoms. The van der Waals surface area contributed by atoms with E-state index in [0.29, 0.717) is 18.0 Å². The third kappa shape index (κ3) is 4.48. The van der Waals surface area contributed by atoms with Crippen LogP contribution in [0.4, 0.5) is 0 Å². The van der Waals surface area contributed by atoms with Crippen molar-refractivity contribution < 1.29 is 4.79 Å². The minimum Gasteiger partial charge on any atom is -0.366 e. The van der Waals surface area contributed by atoms with Crippen molar-refractivity contribution in [3.63, 3.8) is 0 Å². The Labute approximate surface area is 132 Å². The van der Waals surface area contributed by atoms with Gasteiger partial charge in [0, 0.05) is 25.2 Å². The van der Waals surface area contributed by atoms with Gasteiger partial charge in [-0.3, -0.25) is 4.79 Å². The molecule has 3 N–H and O–H groups in total. The van der Waals surface area contributed by atoms with E-state index in [2.05, 4.69) is 24.1 Å². The summed E-state index contributed by atoms with van der Waals surface area (Å²) in [5.74, 6) is 1.26. The first-order valence-corrected chi connectivity index (χ1v) is 8.02. The molecule has 1 amide bonds. The van der Waals surface area contributed by atoms with E-state index in [1.54, 1.807) is 6.07 Å². The molecule has 1 aliphatic heterocycles. The SMILES string of the molecule is CCNC(=NCc1cccc(C(N)=O)c1)N1CCCC(C)C1. The molecular weight excluding hydrogens is 276 g/mol. The number of piperidine rings is 1. The highest BCUT2D eigenvalue weighted by Crippen LogP contribution is 2.16. The second-order valence-corrected chi connectivity index (χ2v) is 5.93. The van der Waals surface area contributed by atoms with Gasteiger partial charge in [-0.1, -0.05) is 19.1 Å². The van der Waals surface area contributed by atoms with E-state index in [9.17, 15) is 4.79 Å². The summed E-state index contributed by atoms with van der Waals surface area (Å²) >= 11 is 0. The number of carbonyl (C=O) groups is 1. The molecule has 5 heteroatoms. The fourth-order valence-corrected chi connectivity index (χ4v) is 2.80. The number of likely N-dealkylation sites (tertiary alicyclic amines) is 1. The Morgan fingerprint density at radius 1 is 1.50 bits per heavy atom. The van der Waals surface area contributed by atoms with Gasteiger partial charge in [-0.15, -0.1) is 0 Å². The predicted molar refractivity (Wildman–Crippen MR) is 89.7 cm³/mol. The van der Waals surface area contributed by atoms with Crippen molar-refractivity contribution in [2.75, 3.05) is 19.6 Å². The van der Waals surface area contributed by atoms with Crippen molar-refractivity contribution in [2.45, 2.75) is 33.2 Å². The van der Waals surface area contributed by atoms with E-state index in [0.717, 1.165) is 31.2 Å². The Morgan fingerprint density at radius 2 is 2.32 bits per heavy atom. The van der Waals surface area contributed by atoms with Crippen LogP contribution in [0.15, 0.2) is 29.3 Å². The number of aliphatic imine (C=N–C) groups is 1. The van der Waals surface area contributed by atoms with Gasteiger partial charge in [0.25, 0.3) is 0 Å². The van der Waals surface area contributed by atoms with Crippen molar-refractivity contribution >= 4 is 11.9 Å². The molecule has 0 bridgehead atoms. The van der Waals surface area contributed by atoms with Crippen LogP contribution in [-0.2, 0) is 6.54 Å². The highest BCUT2D eigenvalue weighted by Gasteiger charge is 2.19. The van der Waals surface area contributed by atoms with Gasteiger partial charge >= 0.3 is 0 Å². The molecule has 120 valence electrons. The maximum atomic E-state index is 11.2. The summed E-state index contributed by atoms with van der Waals surface area (Å²) in [6.45, 7) is 7.87. The molecule has 1 fully saturated rings. The number of nitrogens with zero attached hydrogens (tertiary/aromatic N) is 2. The Kier molecular flexibility index (Phi) is 5.81. The summed E-state index contributed by atoms with van der Waals surface area (Å²) in [7, 11) is 0. The van der Waals surface area contributed by atoms with Gasteiger partial charge in [-0.05, 0) is 43.4 Å². The highest BCUT2D eigenvalue weighted by molar-refractivity contribution is 5.92. The van der Waals surface area contributed by atoms with Crippen LogP contribution in [0.2, 0.25) is 0 Å². The van der Waals surface area contributed by atoms with E-state index in [-0.39, 0.29) is 0 Å². The molecule has 1 aromatic rings. The molecule has 1 saturated heterocycles. The number of amides is 1. The largest absolute Gasteiger partial charge is 0.366 e. The van der Waals surface area contributed by atoms with Gasteiger partial charge in [0.2, 0.25) is 5.91 Å². The third-order valence-electron chi connectivity index (χ3n) is 3.91. The molecule has 5 nitrogen and oxygen atoms in total. The van der Waals surface area contributed by atoms with Crippen LogP contribution >= 0.6 is 0 Å². The molecule has 1 unspecified atom stereocenters. The van der Waals surface area contributed by atoms with Gasteiger partial charge in [0.05, 0.1) is 6.54 Å². The topological polar surface area (TPSA) is 70.7 Å². The second-order valence-electron chi connectivity index (χ2n) is 5.93. The van der Waals surface area contributed by atoms with E-state index in [4.69, 9.17) is 10.7 Å². The summed E-state index contributed by atoms with van der Waals surface area (Å²) in [4.78, 5) is 18.3. The predicted octanol–water partition coefficient (Wildman–Crippen LogP) is 1.98. The molecule has 0 radical (unpaired) electrons. The number of carbonyl (C=O) groups excluding carboxylic acids is 1. The number of hydrogen-bond donors (Lipinski definition) is 2. The lowest BCUT2D eigenvalue weighted by Gasteiger charge is -2.33. The molecule has 22 heavy (non-hydrogen) atoms. The van der Waals surface area contributed by atoms with Crippen molar-refractivity contribution in [1.29, 1.82) is 0 Å². The van der Waals surface area contributed by atoms with Crippen molar-refractivity contribution in [3.8, 4) is 0 Å². The lowest BCUT2D eigenvalue weighted by Crippen LogP contribution is -2.46. The van der Waals surface area contributed by atoms with E-state index in [1.807, 2.05) is 18.2 Å². The maximum Gasteiger partial charge on any atom is 0.248 e. The smallest absolute Gasteiger partial charge is 0.248 e. The first kappa shape index (κ1) is 16.3. The van der Waals surface area contributed by atoms with Crippen LogP contribution < -0.4 is 11.1 Å². The van der Waals surface area contributed by atoms with Crippen LogP contribution in [0.1, 0.15) is 42.6 Å². The number of hydrogen-bond acceptors (Lipinski definition) is 2. The summed E-state index contributed by atoms with van der Waals surface area (Å²) in [6, 6.07) is 7.36.